The molecular weight excluding hydrogens is 386 g/mol. The van der Waals surface area contributed by atoms with E-state index in [1.54, 1.807) is 6.20 Å². The van der Waals surface area contributed by atoms with E-state index in [-0.39, 0.29) is 11.8 Å². The van der Waals surface area contributed by atoms with E-state index < -0.39 is 0 Å². The molecule has 0 radical (unpaired) electrons. The largest absolute Gasteiger partial charge is 0.368 e. The smallest absolute Gasteiger partial charge is 0.227 e. The van der Waals surface area contributed by atoms with Crippen molar-refractivity contribution in [1.29, 1.82) is 0 Å². The Morgan fingerprint density at radius 2 is 1.86 bits per heavy atom. The number of piperidine rings is 1. The molecule has 2 saturated heterocycles. The number of anilines is 2. The first-order valence-corrected chi connectivity index (χ1v) is 10.7. The Kier molecular flexibility index (Phi) is 5.90. The lowest BCUT2D eigenvalue weighted by atomic mass is 9.96. The van der Waals surface area contributed by atoms with Crippen LogP contribution >= 0.6 is 11.6 Å². The lowest BCUT2D eigenvalue weighted by Gasteiger charge is -2.40. The minimum Gasteiger partial charge on any atom is -0.368 e. The molecule has 0 N–H and O–H groups in total. The molecule has 0 bridgehead atoms. The van der Waals surface area contributed by atoms with Gasteiger partial charge in [-0.3, -0.25) is 4.79 Å². The van der Waals surface area contributed by atoms with Crippen molar-refractivity contribution < 1.29 is 4.79 Å². The van der Waals surface area contributed by atoms with Crippen LogP contribution in [0.3, 0.4) is 0 Å². The van der Waals surface area contributed by atoms with Gasteiger partial charge in [-0.15, -0.1) is 0 Å². The van der Waals surface area contributed by atoms with Crippen molar-refractivity contribution in [3.63, 3.8) is 0 Å². The molecule has 2 aliphatic rings. The summed E-state index contributed by atoms with van der Waals surface area (Å²) in [4.78, 5) is 28.6. The fraction of sp³-hybridized carbons (Fsp3) is 0.500. The highest BCUT2D eigenvalue weighted by Crippen LogP contribution is 2.27. The number of benzene rings is 1. The number of aromatic nitrogens is 2. The number of hydrogen-bond donors (Lipinski definition) is 0. The van der Waals surface area contributed by atoms with Gasteiger partial charge in [0.1, 0.15) is 0 Å². The van der Waals surface area contributed by atoms with Gasteiger partial charge in [-0.05, 0) is 50.5 Å². The summed E-state index contributed by atoms with van der Waals surface area (Å²) in [5, 5.41) is 0.754. The average molecular weight is 414 g/mol. The van der Waals surface area contributed by atoms with Crippen LogP contribution in [0.25, 0.3) is 0 Å². The second kappa shape index (κ2) is 8.57. The number of rotatable bonds is 3. The summed E-state index contributed by atoms with van der Waals surface area (Å²) in [6, 6.07) is 7.90. The minimum absolute atomic E-state index is 0.0207. The number of nitrogens with zero attached hydrogens (tertiary/aromatic N) is 5. The molecule has 0 aliphatic carbocycles. The fourth-order valence-electron chi connectivity index (χ4n) is 4.30. The number of hydrogen-bond acceptors (Lipinski definition) is 5. The summed E-state index contributed by atoms with van der Waals surface area (Å²) in [7, 11) is 0. The molecule has 4 rings (SSSR count). The van der Waals surface area contributed by atoms with Crippen molar-refractivity contribution in [3.8, 4) is 0 Å². The average Bonchev–Trinajstić information content (AvgIpc) is 2.75. The van der Waals surface area contributed by atoms with Gasteiger partial charge < -0.3 is 14.7 Å². The molecule has 3 heterocycles. The first kappa shape index (κ1) is 20.0. The lowest BCUT2D eigenvalue weighted by molar-refractivity contribution is -0.136. The summed E-state index contributed by atoms with van der Waals surface area (Å²) >= 11 is 6.18. The van der Waals surface area contributed by atoms with E-state index in [1.165, 1.54) is 11.3 Å². The van der Waals surface area contributed by atoms with Gasteiger partial charge in [-0.2, -0.15) is 0 Å². The molecule has 6 nitrogen and oxygen atoms in total. The fourth-order valence-corrected chi connectivity index (χ4v) is 4.46. The van der Waals surface area contributed by atoms with Gasteiger partial charge in [0.05, 0.1) is 5.92 Å². The first-order valence-electron chi connectivity index (χ1n) is 10.4. The number of aryl methyl sites for hydroxylation is 2. The maximum Gasteiger partial charge on any atom is 0.227 e. The Labute approximate surface area is 177 Å². The molecule has 2 fully saturated rings. The third-order valence-electron chi connectivity index (χ3n) is 5.94. The molecule has 1 unspecified atom stereocenters. The van der Waals surface area contributed by atoms with Crippen molar-refractivity contribution in [2.45, 2.75) is 26.7 Å². The maximum atomic E-state index is 13.2. The number of halogens is 1. The maximum absolute atomic E-state index is 13.2. The van der Waals surface area contributed by atoms with Crippen LogP contribution in [0.2, 0.25) is 5.02 Å². The molecule has 1 atom stereocenters. The number of carbonyl (C=O) groups excluding carboxylic acids is 1. The molecule has 1 amide bonds. The summed E-state index contributed by atoms with van der Waals surface area (Å²) < 4.78 is 0. The molecule has 0 spiro atoms. The molecule has 0 saturated carbocycles. The highest BCUT2D eigenvalue weighted by Gasteiger charge is 2.32. The van der Waals surface area contributed by atoms with Crippen LogP contribution in [0.1, 0.15) is 24.1 Å². The molecule has 2 aliphatic heterocycles. The minimum atomic E-state index is 0.0207. The van der Waals surface area contributed by atoms with E-state index in [2.05, 4.69) is 32.8 Å². The van der Waals surface area contributed by atoms with Gasteiger partial charge in [-0.25, -0.2) is 9.97 Å². The van der Waals surface area contributed by atoms with Gasteiger partial charge in [0.15, 0.2) is 0 Å². The molecule has 154 valence electrons. The SMILES string of the molecule is Cc1ccnc(N2CCCC(C(=O)N3CCN(c4cc(Cl)ccc4C)CC3)C2)n1. The zero-order chi connectivity index (χ0) is 20.4. The topological polar surface area (TPSA) is 52.6 Å². The Hall–Kier alpha value is -2.34. The first-order chi connectivity index (χ1) is 14.0. The van der Waals surface area contributed by atoms with E-state index in [0.29, 0.717) is 6.54 Å². The highest BCUT2D eigenvalue weighted by molar-refractivity contribution is 6.30. The van der Waals surface area contributed by atoms with Gasteiger partial charge >= 0.3 is 0 Å². The number of amides is 1. The third-order valence-corrected chi connectivity index (χ3v) is 6.17. The Balaban J connectivity index is 1.37. The van der Waals surface area contributed by atoms with E-state index >= 15 is 0 Å². The molecule has 29 heavy (non-hydrogen) atoms. The molecule has 7 heteroatoms. The predicted octanol–water partition coefficient (Wildman–Crippen LogP) is 3.31. The second-order valence-electron chi connectivity index (χ2n) is 8.03. The molecule has 1 aromatic carbocycles. The molecule has 1 aromatic heterocycles. The van der Waals surface area contributed by atoms with Crippen molar-refractivity contribution in [1.82, 2.24) is 14.9 Å². The van der Waals surface area contributed by atoms with Crippen LogP contribution in [0.15, 0.2) is 30.5 Å². The quantitative estimate of drug-likeness (QED) is 0.772. The summed E-state index contributed by atoms with van der Waals surface area (Å²) in [6.45, 7) is 8.87. The van der Waals surface area contributed by atoms with Crippen molar-refractivity contribution >= 4 is 29.1 Å². The van der Waals surface area contributed by atoms with E-state index in [9.17, 15) is 4.79 Å². The molecule has 2 aromatic rings. The zero-order valence-electron chi connectivity index (χ0n) is 17.1. The van der Waals surface area contributed by atoms with E-state index in [1.807, 2.05) is 30.0 Å². The van der Waals surface area contributed by atoms with Crippen LogP contribution in [0.5, 0.6) is 0 Å². The molecular formula is C22H28ClN5O. The summed E-state index contributed by atoms with van der Waals surface area (Å²) in [5.74, 6) is 1.03. The highest BCUT2D eigenvalue weighted by atomic mass is 35.5. The van der Waals surface area contributed by atoms with Crippen molar-refractivity contribution in [3.05, 3.63) is 46.7 Å². The van der Waals surface area contributed by atoms with E-state index in [0.717, 1.165) is 62.2 Å². The van der Waals surface area contributed by atoms with Crippen LogP contribution in [0, 0.1) is 19.8 Å². The van der Waals surface area contributed by atoms with Crippen LogP contribution in [0.4, 0.5) is 11.6 Å². The zero-order valence-corrected chi connectivity index (χ0v) is 17.9. The summed E-state index contributed by atoms with van der Waals surface area (Å²) in [5.41, 5.74) is 3.34. The van der Waals surface area contributed by atoms with Gasteiger partial charge in [-0.1, -0.05) is 17.7 Å². The lowest BCUT2D eigenvalue weighted by Crippen LogP contribution is -2.53. The van der Waals surface area contributed by atoms with Gasteiger partial charge in [0, 0.05) is 61.9 Å². The monoisotopic (exact) mass is 413 g/mol. The Morgan fingerprint density at radius 1 is 1.07 bits per heavy atom. The van der Waals surface area contributed by atoms with Crippen molar-refractivity contribution in [2.75, 3.05) is 49.1 Å². The Bertz CT molecular complexity index is 881. The Morgan fingerprint density at radius 3 is 2.62 bits per heavy atom. The van der Waals surface area contributed by atoms with Crippen LogP contribution < -0.4 is 9.80 Å². The summed E-state index contributed by atoms with van der Waals surface area (Å²) in [6.07, 6.45) is 3.73. The third kappa shape index (κ3) is 4.47. The van der Waals surface area contributed by atoms with Gasteiger partial charge in [0.2, 0.25) is 11.9 Å². The van der Waals surface area contributed by atoms with Crippen molar-refractivity contribution in [2.24, 2.45) is 5.92 Å². The second-order valence-corrected chi connectivity index (χ2v) is 8.46. The van der Waals surface area contributed by atoms with Crippen LogP contribution in [-0.2, 0) is 4.79 Å². The predicted molar refractivity (Wildman–Crippen MR) is 117 cm³/mol. The van der Waals surface area contributed by atoms with E-state index in [4.69, 9.17) is 11.6 Å². The number of piperazine rings is 1. The standard InChI is InChI=1S/C22H28ClN5O/c1-16-5-6-19(23)14-20(16)26-10-12-27(13-11-26)21(29)18-4-3-9-28(15-18)22-24-8-7-17(2)25-22/h5-8,14,18H,3-4,9-13,15H2,1-2H3. The van der Waals surface area contributed by atoms with Gasteiger partial charge in [0.25, 0.3) is 0 Å². The number of carbonyl (C=O) groups is 1. The van der Waals surface area contributed by atoms with Crippen LogP contribution in [-0.4, -0.2) is 60.0 Å². The normalized spacial score (nSPS) is 20.1.